The molecule has 0 spiro atoms. The number of ether oxygens (including phenoxy) is 1. The fraction of sp³-hybridized carbons (Fsp3) is 0.533. The largest absolute Gasteiger partial charge is 0.493 e. The number of aliphatic hydroxyl groups is 1. The summed E-state index contributed by atoms with van der Waals surface area (Å²) in [4.78, 5) is 12.3. The monoisotopic (exact) mass is 330 g/mol. The predicted molar refractivity (Wildman–Crippen MR) is 83.9 cm³/mol. The van der Waals surface area contributed by atoms with Gasteiger partial charge >= 0.3 is 7.60 Å². The number of aliphatic hydroxyl groups excluding tert-OH is 1. The van der Waals surface area contributed by atoms with E-state index in [4.69, 9.17) is 18.9 Å². The van der Waals surface area contributed by atoms with Crippen molar-refractivity contribution in [2.45, 2.75) is 20.3 Å². The van der Waals surface area contributed by atoms with Crippen molar-refractivity contribution in [2.75, 3.05) is 33.6 Å². The van der Waals surface area contributed by atoms with E-state index in [2.05, 4.69) is 0 Å². The summed E-state index contributed by atoms with van der Waals surface area (Å²) in [5, 5.41) is 8.77. The molecule has 1 rings (SSSR count). The van der Waals surface area contributed by atoms with Crippen molar-refractivity contribution in [1.82, 2.24) is 0 Å². The Labute approximate surface area is 130 Å². The van der Waals surface area contributed by atoms with Crippen molar-refractivity contribution in [3.8, 4) is 5.75 Å². The molecule has 124 valence electrons. The molecule has 7 heteroatoms. The van der Waals surface area contributed by atoms with Gasteiger partial charge in [-0.2, -0.15) is 0 Å². The Balaban J connectivity index is 2.95. The summed E-state index contributed by atoms with van der Waals surface area (Å²) in [6, 6.07) is 3.35. The van der Waals surface area contributed by atoms with Crippen molar-refractivity contribution in [2.24, 2.45) is 0 Å². The molecule has 0 heterocycles. The summed E-state index contributed by atoms with van der Waals surface area (Å²) in [5.41, 5.74) is 2.08. The Morgan fingerprint density at radius 1 is 1.18 bits per heavy atom. The molecule has 0 aliphatic rings. The third-order valence-electron chi connectivity index (χ3n) is 3.49. The molecule has 6 nitrogen and oxygen atoms in total. The number of benzene rings is 1. The van der Waals surface area contributed by atoms with Crippen molar-refractivity contribution in [3.63, 3.8) is 0 Å². The SMILES string of the molecule is COP(=O)(CC(=O)c1ccc(OCCCO)c(C)c1C)OC. The van der Waals surface area contributed by atoms with Crippen molar-refractivity contribution < 1.29 is 28.3 Å². The number of hydrogen-bond acceptors (Lipinski definition) is 6. The molecule has 0 saturated carbocycles. The number of Topliss-reactive ketones (excluding diaryl/α,β-unsaturated/α-hetero) is 1. The van der Waals surface area contributed by atoms with Crippen LogP contribution in [0.25, 0.3) is 0 Å². The van der Waals surface area contributed by atoms with Crippen LogP contribution >= 0.6 is 7.60 Å². The van der Waals surface area contributed by atoms with E-state index in [0.29, 0.717) is 24.3 Å². The summed E-state index contributed by atoms with van der Waals surface area (Å²) >= 11 is 0. The first kappa shape index (κ1) is 18.8. The topological polar surface area (TPSA) is 82.1 Å². The van der Waals surface area contributed by atoms with Gasteiger partial charge in [0.2, 0.25) is 0 Å². The number of carbonyl (C=O) groups excluding carboxylic acids is 1. The van der Waals surface area contributed by atoms with E-state index < -0.39 is 7.60 Å². The Hall–Kier alpha value is -1.20. The quantitative estimate of drug-likeness (QED) is 0.426. The zero-order valence-corrected chi connectivity index (χ0v) is 14.3. The highest BCUT2D eigenvalue weighted by Gasteiger charge is 2.27. The molecule has 1 N–H and O–H groups in total. The van der Waals surface area contributed by atoms with E-state index in [-0.39, 0.29) is 18.6 Å². The van der Waals surface area contributed by atoms with Crippen LogP contribution in [0.15, 0.2) is 12.1 Å². The van der Waals surface area contributed by atoms with E-state index in [1.165, 1.54) is 14.2 Å². The molecule has 0 fully saturated rings. The average molecular weight is 330 g/mol. The molecule has 0 atom stereocenters. The third kappa shape index (κ3) is 4.65. The van der Waals surface area contributed by atoms with Crippen LogP contribution in [0.5, 0.6) is 5.75 Å². The van der Waals surface area contributed by atoms with E-state index in [9.17, 15) is 9.36 Å². The summed E-state index contributed by atoms with van der Waals surface area (Å²) in [6.07, 6.45) is 0.245. The van der Waals surface area contributed by atoms with Gasteiger partial charge in [0.15, 0.2) is 5.78 Å². The van der Waals surface area contributed by atoms with Crippen molar-refractivity contribution in [3.05, 3.63) is 28.8 Å². The molecule has 0 bridgehead atoms. The Kier molecular flexibility index (Phi) is 7.23. The second-order valence-corrected chi connectivity index (χ2v) is 7.11. The number of ketones is 1. The maximum Gasteiger partial charge on any atom is 0.337 e. The highest BCUT2D eigenvalue weighted by Crippen LogP contribution is 2.46. The van der Waals surface area contributed by atoms with Gasteiger partial charge in [-0.1, -0.05) is 0 Å². The molecule has 0 saturated heterocycles. The smallest absolute Gasteiger partial charge is 0.337 e. The second-order valence-electron chi connectivity index (χ2n) is 4.84. The molecular weight excluding hydrogens is 307 g/mol. The fourth-order valence-electron chi connectivity index (χ4n) is 1.97. The van der Waals surface area contributed by atoms with Gasteiger partial charge < -0.3 is 18.9 Å². The van der Waals surface area contributed by atoms with Crippen LogP contribution in [-0.4, -0.2) is 44.5 Å². The molecule has 1 aromatic carbocycles. The number of carbonyl (C=O) groups is 1. The molecule has 22 heavy (non-hydrogen) atoms. The molecular formula is C15H23O6P. The average Bonchev–Trinajstić information content (AvgIpc) is 2.51. The van der Waals surface area contributed by atoms with Crippen molar-refractivity contribution in [1.29, 1.82) is 0 Å². The molecule has 0 amide bonds. The molecule has 0 aliphatic carbocycles. The maximum atomic E-state index is 12.3. The Morgan fingerprint density at radius 2 is 1.82 bits per heavy atom. The lowest BCUT2D eigenvalue weighted by atomic mass is 10.00. The van der Waals surface area contributed by atoms with Gasteiger partial charge in [-0.05, 0) is 37.1 Å². The standard InChI is InChI=1S/C15H23O6P/c1-11-12(2)15(21-9-5-8-16)7-6-13(11)14(17)10-22(18,19-3)20-4/h6-7,16H,5,8-10H2,1-4H3. The van der Waals surface area contributed by atoms with Gasteiger partial charge in [0.25, 0.3) is 0 Å². The number of hydrogen-bond donors (Lipinski definition) is 1. The molecule has 1 aromatic rings. The lowest BCUT2D eigenvalue weighted by Crippen LogP contribution is -2.11. The van der Waals surface area contributed by atoms with E-state index in [1.54, 1.807) is 12.1 Å². The van der Waals surface area contributed by atoms with Crippen LogP contribution in [0, 0.1) is 13.8 Å². The zero-order chi connectivity index (χ0) is 16.8. The summed E-state index contributed by atoms with van der Waals surface area (Å²) in [7, 11) is -0.864. The van der Waals surface area contributed by atoms with Crippen LogP contribution in [-0.2, 0) is 13.6 Å². The highest BCUT2D eigenvalue weighted by atomic mass is 31.2. The summed E-state index contributed by atoms with van der Waals surface area (Å²) < 4.78 is 27.2. The van der Waals surface area contributed by atoms with Gasteiger partial charge in [0.05, 0.1) is 6.61 Å². The van der Waals surface area contributed by atoms with Crippen LogP contribution in [0.3, 0.4) is 0 Å². The first-order chi connectivity index (χ1) is 10.4. The summed E-state index contributed by atoms with van der Waals surface area (Å²) in [5.74, 6) is 0.374. The Morgan fingerprint density at radius 3 is 2.36 bits per heavy atom. The van der Waals surface area contributed by atoms with Gasteiger partial charge in [-0.15, -0.1) is 0 Å². The third-order valence-corrected chi connectivity index (χ3v) is 5.28. The summed E-state index contributed by atoms with van der Waals surface area (Å²) in [6.45, 7) is 4.14. The number of rotatable bonds is 9. The molecule has 0 aromatic heterocycles. The van der Waals surface area contributed by atoms with Gasteiger partial charge in [-0.3, -0.25) is 9.36 Å². The molecule has 0 radical (unpaired) electrons. The first-order valence-electron chi connectivity index (χ1n) is 6.96. The van der Waals surface area contributed by atoms with E-state index >= 15 is 0 Å². The fourth-order valence-corrected chi connectivity index (χ4v) is 2.90. The molecule has 0 aliphatic heterocycles. The van der Waals surface area contributed by atoms with Crippen molar-refractivity contribution >= 4 is 13.4 Å². The minimum absolute atomic E-state index is 0.0674. The molecule has 0 unspecified atom stereocenters. The van der Waals surface area contributed by atoms with E-state index in [0.717, 1.165) is 11.1 Å². The predicted octanol–water partition coefficient (Wildman–Crippen LogP) is 2.73. The van der Waals surface area contributed by atoms with Gasteiger partial charge in [0.1, 0.15) is 11.9 Å². The first-order valence-corrected chi connectivity index (χ1v) is 8.69. The minimum atomic E-state index is -3.38. The van der Waals surface area contributed by atoms with Crippen LogP contribution in [0.4, 0.5) is 0 Å². The highest BCUT2D eigenvalue weighted by molar-refractivity contribution is 7.54. The van der Waals surface area contributed by atoms with E-state index in [1.807, 2.05) is 13.8 Å². The van der Waals surface area contributed by atoms with Crippen LogP contribution in [0.2, 0.25) is 0 Å². The lowest BCUT2D eigenvalue weighted by molar-refractivity contribution is 0.101. The van der Waals surface area contributed by atoms with Gasteiger partial charge in [-0.25, -0.2) is 0 Å². The van der Waals surface area contributed by atoms with Crippen LogP contribution < -0.4 is 4.74 Å². The van der Waals surface area contributed by atoms with Gasteiger partial charge in [0, 0.05) is 32.8 Å². The Bertz CT molecular complexity index is 561. The minimum Gasteiger partial charge on any atom is -0.493 e. The lowest BCUT2D eigenvalue weighted by Gasteiger charge is -2.16. The second kappa shape index (κ2) is 8.44. The van der Waals surface area contributed by atoms with Crippen LogP contribution in [0.1, 0.15) is 27.9 Å². The maximum absolute atomic E-state index is 12.3. The zero-order valence-electron chi connectivity index (χ0n) is 13.4. The normalized spacial score (nSPS) is 11.5.